The van der Waals surface area contributed by atoms with Crippen molar-refractivity contribution in [1.29, 1.82) is 0 Å². The average molecular weight is 399 g/mol. The van der Waals surface area contributed by atoms with E-state index in [-0.39, 0.29) is 23.8 Å². The highest BCUT2D eigenvalue weighted by atomic mass is 35.5. The molecule has 7 heteroatoms. The van der Waals surface area contributed by atoms with Crippen molar-refractivity contribution in [3.63, 3.8) is 0 Å². The van der Waals surface area contributed by atoms with E-state index < -0.39 is 0 Å². The number of carbonyl (C=O) groups excluding carboxylic acids is 2. The number of benzene rings is 1. The molecule has 2 aromatic rings. The number of rotatable bonds is 6. The highest BCUT2D eigenvalue weighted by molar-refractivity contribution is 7.12. The second-order valence-electron chi connectivity index (χ2n) is 6.43. The molecule has 0 fully saturated rings. The maximum atomic E-state index is 12.2. The number of thiophene rings is 1. The summed E-state index contributed by atoms with van der Waals surface area (Å²) in [5.41, 5.74) is 0.658. The standard InChI is InChI=1S/C18H20Cl2N2O2S/c1-18(2,12-6-7-13(19)14(20)9-12)11-21-16(23)10-22(3)17(24)15-5-4-8-25-15/h4-9H,10-11H2,1-3H3,(H,21,23). The predicted octanol–water partition coefficient (Wildman–Crippen LogP) is 4.22. The molecular weight excluding hydrogens is 379 g/mol. The number of hydrogen-bond donors (Lipinski definition) is 1. The van der Waals surface area contributed by atoms with Gasteiger partial charge in [-0.2, -0.15) is 0 Å². The van der Waals surface area contributed by atoms with Crippen LogP contribution in [-0.4, -0.2) is 36.9 Å². The molecule has 0 atom stereocenters. The minimum atomic E-state index is -0.319. The first-order valence-electron chi connectivity index (χ1n) is 7.72. The molecular formula is C18H20Cl2N2O2S. The summed E-state index contributed by atoms with van der Waals surface area (Å²) in [6.45, 7) is 4.44. The molecule has 0 unspecified atom stereocenters. The molecule has 25 heavy (non-hydrogen) atoms. The Hall–Kier alpha value is -1.56. The van der Waals surface area contributed by atoms with Crippen LogP contribution in [0.15, 0.2) is 35.7 Å². The monoisotopic (exact) mass is 398 g/mol. The van der Waals surface area contributed by atoms with Crippen LogP contribution >= 0.6 is 34.5 Å². The number of likely N-dealkylation sites (N-methyl/N-ethyl adjacent to an activating group) is 1. The van der Waals surface area contributed by atoms with Crippen molar-refractivity contribution in [2.75, 3.05) is 20.1 Å². The summed E-state index contributed by atoms with van der Waals surface area (Å²) in [5.74, 6) is -0.366. The van der Waals surface area contributed by atoms with E-state index in [2.05, 4.69) is 5.32 Å². The highest BCUT2D eigenvalue weighted by Gasteiger charge is 2.23. The fraction of sp³-hybridized carbons (Fsp3) is 0.333. The molecule has 0 aliphatic rings. The first kappa shape index (κ1) is 19.8. The van der Waals surface area contributed by atoms with Crippen LogP contribution in [0.25, 0.3) is 0 Å². The smallest absolute Gasteiger partial charge is 0.264 e. The van der Waals surface area contributed by atoms with Gasteiger partial charge in [-0.05, 0) is 29.1 Å². The van der Waals surface area contributed by atoms with Crippen molar-refractivity contribution in [2.45, 2.75) is 19.3 Å². The third-order valence-corrected chi connectivity index (χ3v) is 5.48. The number of nitrogens with one attached hydrogen (secondary N) is 1. The van der Waals surface area contributed by atoms with Crippen molar-refractivity contribution >= 4 is 46.4 Å². The van der Waals surface area contributed by atoms with Gasteiger partial charge in [0.2, 0.25) is 5.91 Å². The van der Waals surface area contributed by atoms with Crippen LogP contribution in [0.1, 0.15) is 29.1 Å². The number of halogens is 2. The Morgan fingerprint density at radius 3 is 2.52 bits per heavy atom. The summed E-state index contributed by atoms with van der Waals surface area (Å²) in [6, 6.07) is 9.01. The van der Waals surface area contributed by atoms with E-state index in [0.717, 1.165) is 5.56 Å². The van der Waals surface area contributed by atoms with Gasteiger partial charge in [-0.25, -0.2) is 0 Å². The first-order valence-corrected chi connectivity index (χ1v) is 9.35. The quantitative estimate of drug-likeness (QED) is 0.791. The van der Waals surface area contributed by atoms with E-state index in [4.69, 9.17) is 23.2 Å². The van der Waals surface area contributed by atoms with Crippen LogP contribution in [0.4, 0.5) is 0 Å². The molecule has 0 aliphatic carbocycles. The zero-order valence-corrected chi connectivity index (χ0v) is 16.6. The minimum Gasteiger partial charge on any atom is -0.354 e. The van der Waals surface area contributed by atoms with Crippen molar-refractivity contribution in [3.05, 3.63) is 56.2 Å². The van der Waals surface area contributed by atoms with E-state index in [9.17, 15) is 9.59 Å². The second-order valence-corrected chi connectivity index (χ2v) is 8.19. The molecule has 1 heterocycles. The van der Waals surface area contributed by atoms with Gasteiger partial charge in [0.1, 0.15) is 0 Å². The van der Waals surface area contributed by atoms with Crippen LogP contribution in [0.3, 0.4) is 0 Å². The van der Waals surface area contributed by atoms with Gasteiger partial charge in [0.25, 0.3) is 5.91 Å². The third-order valence-electron chi connectivity index (χ3n) is 3.89. The Balaban J connectivity index is 1.92. The average Bonchev–Trinajstić information content (AvgIpc) is 3.09. The van der Waals surface area contributed by atoms with Crippen LogP contribution in [0, 0.1) is 0 Å². The Bertz CT molecular complexity index is 760. The van der Waals surface area contributed by atoms with Gasteiger partial charge < -0.3 is 10.2 Å². The normalized spacial score (nSPS) is 11.2. The lowest BCUT2D eigenvalue weighted by molar-refractivity contribution is -0.121. The molecule has 2 rings (SSSR count). The van der Waals surface area contributed by atoms with Crippen molar-refractivity contribution < 1.29 is 9.59 Å². The van der Waals surface area contributed by atoms with Gasteiger partial charge in [-0.15, -0.1) is 11.3 Å². The largest absolute Gasteiger partial charge is 0.354 e. The molecule has 1 aromatic carbocycles. The highest BCUT2D eigenvalue weighted by Crippen LogP contribution is 2.29. The molecule has 0 saturated heterocycles. The molecule has 2 amide bonds. The van der Waals surface area contributed by atoms with Crippen LogP contribution < -0.4 is 5.32 Å². The predicted molar refractivity (Wildman–Crippen MR) is 104 cm³/mol. The number of hydrogen-bond acceptors (Lipinski definition) is 3. The number of carbonyl (C=O) groups is 2. The zero-order chi connectivity index (χ0) is 18.6. The number of amides is 2. The van der Waals surface area contributed by atoms with Crippen LogP contribution in [0.2, 0.25) is 10.0 Å². The van der Waals surface area contributed by atoms with Gasteiger partial charge in [-0.3, -0.25) is 9.59 Å². The summed E-state index contributed by atoms with van der Waals surface area (Å²) >= 11 is 13.4. The van der Waals surface area contributed by atoms with Crippen molar-refractivity contribution in [1.82, 2.24) is 10.2 Å². The van der Waals surface area contributed by atoms with E-state index >= 15 is 0 Å². The lowest BCUT2D eigenvalue weighted by Gasteiger charge is -2.26. The number of nitrogens with zero attached hydrogens (tertiary/aromatic N) is 1. The van der Waals surface area contributed by atoms with Gasteiger partial charge >= 0.3 is 0 Å². The molecule has 4 nitrogen and oxygen atoms in total. The van der Waals surface area contributed by atoms with Crippen molar-refractivity contribution in [3.8, 4) is 0 Å². The van der Waals surface area contributed by atoms with Gasteiger partial charge in [0.05, 0.1) is 21.5 Å². The Kier molecular flexibility index (Phi) is 6.49. The van der Waals surface area contributed by atoms with E-state index in [1.54, 1.807) is 19.2 Å². The van der Waals surface area contributed by atoms with Crippen molar-refractivity contribution in [2.24, 2.45) is 0 Å². The summed E-state index contributed by atoms with van der Waals surface area (Å²) in [7, 11) is 1.62. The summed E-state index contributed by atoms with van der Waals surface area (Å²) in [5, 5.41) is 5.70. The lowest BCUT2D eigenvalue weighted by atomic mass is 9.84. The molecule has 0 saturated carbocycles. The van der Waals surface area contributed by atoms with E-state index in [1.807, 2.05) is 37.4 Å². The second kappa shape index (κ2) is 8.21. The van der Waals surface area contributed by atoms with E-state index in [0.29, 0.717) is 21.5 Å². The Morgan fingerprint density at radius 1 is 1.20 bits per heavy atom. The summed E-state index contributed by atoms with van der Waals surface area (Å²) in [6.07, 6.45) is 0. The fourth-order valence-electron chi connectivity index (χ4n) is 2.27. The van der Waals surface area contributed by atoms with Gasteiger partial charge in [-0.1, -0.05) is 49.2 Å². The summed E-state index contributed by atoms with van der Waals surface area (Å²) in [4.78, 5) is 26.4. The maximum Gasteiger partial charge on any atom is 0.264 e. The third kappa shape index (κ3) is 5.21. The Morgan fingerprint density at radius 2 is 1.92 bits per heavy atom. The van der Waals surface area contributed by atoms with E-state index in [1.165, 1.54) is 16.2 Å². The molecule has 0 bridgehead atoms. The lowest BCUT2D eigenvalue weighted by Crippen LogP contribution is -2.42. The van der Waals surface area contributed by atoms with Crippen LogP contribution in [-0.2, 0) is 10.2 Å². The van der Waals surface area contributed by atoms with Gasteiger partial charge in [0, 0.05) is 19.0 Å². The zero-order valence-electron chi connectivity index (χ0n) is 14.3. The topological polar surface area (TPSA) is 49.4 Å². The summed E-state index contributed by atoms with van der Waals surface area (Å²) < 4.78 is 0. The Labute approximate surface area is 161 Å². The SMILES string of the molecule is CN(CC(=O)NCC(C)(C)c1ccc(Cl)c(Cl)c1)C(=O)c1cccs1. The molecule has 134 valence electrons. The molecule has 0 radical (unpaired) electrons. The van der Waals surface area contributed by atoms with Gasteiger partial charge in [0.15, 0.2) is 0 Å². The molecule has 1 N–H and O–H groups in total. The van der Waals surface area contributed by atoms with Crippen LogP contribution in [0.5, 0.6) is 0 Å². The first-order chi connectivity index (χ1) is 11.7. The molecule has 0 spiro atoms. The molecule has 0 aliphatic heterocycles. The minimum absolute atomic E-state index is 0.00812. The molecule has 1 aromatic heterocycles. The fourth-order valence-corrected chi connectivity index (χ4v) is 3.29. The maximum absolute atomic E-state index is 12.2.